The first-order chi connectivity index (χ1) is 11.8. The van der Waals surface area contributed by atoms with Crippen LogP contribution in [0.1, 0.15) is 51.3 Å². The lowest BCUT2D eigenvalue weighted by atomic mass is 9.93. The second-order valence-electron chi connectivity index (χ2n) is 7.31. The molecule has 5 heteroatoms. The van der Waals surface area contributed by atoms with Crippen LogP contribution in [-0.4, -0.2) is 41.9 Å². The van der Waals surface area contributed by atoms with Crippen molar-refractivity contribution in [1.82, 2.24) is 15.5 Å². The fourth-order valence-corrected chi connectivity index (χ4v) is 3.56. The minimum atomic E-state index is -0.261. The fourth-order valence-electron chi connectivity index (χ4n) is 3.56. The molecule has 2 rings (SSSR count). The van der Waals surface area contributed by atoms with Crippen LogP contribution in [0.15, 0.2) is 24.3 Å². The third-order valence-electron chi connectivity index (χ3n) is 5.22. The van der Waals surface area contributed by atoms with Gasteiger partial charge in [0.2, 0.25) is 11.8 Å². The van der Waals surface area contributed by atoms with E-state index in [0.717, 1.165) is 25.1 Å². The summed E-state index contributed by atoms with van der Waals surface area (Å²) >= 11 is 0. The average molecular weight is 345 g/mol. The van der Waals surface area contributed by atoms with E-state index in [1.807, 2.05) is 30.9 Å². The van der Waals surface area contributed by atoms with Crippen LogP contribution in [0, 0.1) is 12.8 Å². The second kappa shape index (κ2) is 8.48. The van der Waals surface area contributed by atoms with Crippen molar-refractivity contribution in [3.63, 3.8) is 0 Å². The molecule has 1 fully saturated rings. The highest BCUT2D eigenvalue weighted by Crippen LogP contribution is 2.19. The molecule has 0 aliphatic carbocycles. The van der Waals surface area contributed by atoms with E-state index in [-0.39, 0.29) is 29.9 Å². The molecule has 0 spiro atoms. The number of likely N-dealkylation sites (tertiary alicyclic amines) is 1. The topological polar surface area (TPSA) is 61.4 Å². The van der Waals surface area contributed by atoms with E-state index in [4.69, 9.17) is 0 Å². The molecule has 2 amide bonds. The number of piperidine rings is 1. The quantitative estimate of drug-likeness (QED) is 0.861. The van der Waals surface area contributed by atoms with E-state index in [1.165, 1.54) is 5.56 Å². The number of hydrogen-bond donors (Lipinski definition) is 2. The van der Waals surface area contributed by atoms with E-state index >= 15 is 0 Å². The highest BCUT2D eigenvalue weighted by atomic mass is 16.2. The Bertz CT molecular complexity index is 617. The number of nitrogens with zero attached hydrogens (tertiary/aromatic N) is 1. The van der Waals surface area contributed by atoms with Gasteiger partial charge in [-0.25, -0.2) is 0 Å². The summed E-state index contributed by atoms with van der Waals surface area (Å²) in [5.74, 6) is 0.474. The molecule has 1 aromatic carbocycles. The molecule has 0 radical (unpaired) electrons. The maximum absolute atomic E-state index is 12.6. The summed E-state index contributed by atoms with van der Waals surface area (Å²) in [5, 5.41) is 6.55. The summed E-state index contributed by atoms with van der Waals surface area (Å²) in [4.78, 5) is 25.9. The molecule has 1 aliphatic heterocycles. The monoisotopic (exact) mass is 345 g/mol. The van der Waals surface area contributed by atoms with Crippen LogP contribution in [0.4, 0.5) is 0 Å². The smallest absolute Gasteiger partial charge is 0.237 e. The molecular formula is C20H31N3O2. The molecule has 0 bridgehead atoms. The molecule has 0 unspecified atom stereocenters. The number of rotatable bonds is 5. The summed E-state index contributed by atoms with van der Waals surface area (Å²) in [6.07, 6.45) is 0.881. The second-order valence-corrected chi connectivity index (χ2v) is 7.31. The molecule has 1 aromatic rings. The lowest BCUT2D eigenvalue weighted by Gasteiger charge is -2.38. The van der Waals surface area contributed by atoms with Crippen LogP contribution in [0.3, 0.4) is 0 Å². The predicted octanol–water partition coefficient (Wildman–Crippen LogP) is 2.41. The molecule has 1 heterocycles. The number of benzene rings is 1. The summed E-state index contributed by atoms with van der Waals surface area (Å²) in [6, 6.07) is 8.09. The Morgan fingerprint density at radius 2 is 1.92 bits per heavy atom. The first kappa shape index (κ1) is 19.4. The summed E-state index contributed by atoms with van der Waals surface area (Å²) in [7, 11) is 0. The Morgan fingerprint density at radius 3 is 2.52 bits per heavy atom. The number of carbonyl (C=O) groups is 2. The normalized spacial score (nSPS) is 23.0. The molecule has 25 heavy (non-hydrogen) atoms. The molecule has 2 N–H and O–H groups in total. The Hall–Kier alpha value is -1.88. The molecule has 1 aliphatic rings. The van der Waals surface area contributed by atoms with Gasteiger partial charge in [0.15, 0.2) is 0 Å². The summed E-state index contributed by atoms with van der Waals surface area (Å²) in [5.41, 5.74) is 2.33. The average Bonchev–Trinajstić information content (AvgIpc) is 2.56. The van der Waals surface area contributed by atoms with Gasteiger partial charge in [-0.1, -0.05) is 31.2 Å². The Morgan fingerprint density at radius 1 is 1.24 bits per heavy atom. The van der Waals surface area contributed by atoms with Crippen LogP contribution in [0.25, 0.3) is 0 Å². The number of hydrogen-bond acceptors (Lipinski definition) is 3. The zero-order valence-electron chi connectivity index (χ0n) is 16.0. The lowest BCUT2D eigenvalue weighted by Crippen LogP contribution is -2.54. The largest absolute Gasteiger partial charge is 0.348 e. The van der Waals surface area contributed by atoms with Gasteiger partial charge in [0.05, 0.1) is 12.1 Å². The van der Waals surface area contributed by atoms with Crippen molar-refractivity contribution < 1.29 is 9.59 Å². The van der Waals surface area contributed by atoms with E-state index in [2.05, 4.69) is 36.6 Å². The van der Waals surface area contributed by atoms with E-state index in [1.54, 1.807) is 6.92 Å². The third kappa shape index (κ3) is 5.05. The zero-order chi connectivity index (χ0) is 18.6. The van der Waals surface area contributed by atoms with Gasteiger partial charge >= 0.3 is 0 Å². The minimum Gasteiger partial charge on any atom is -0.348 e. The van der Waals surface area contributed by atoms with Gasteiger partial charge in [-0.15, -0.1) is 0 Å². The number of carbonyl (C=O) groups excluding carboxylic acids is 2. The lowest BCUT2D eigenvalue weighted by molar-refractivity contribution is -0.131. The predicted molar refractivity (Wildman–Crippen MR) is 100 cm³/mol. The van der Waals surface area contributed by atoms with Gasteiger partial charge in [0.25, 0.3) is 0 Å². The minimum absolute atomic E-state index is 0.0111. The number of amides is 2. The van der Waals surface area contributed by atoms with Gasteiger partial charge < -0.3 is 15.5 Å². The highest BCUT2D eigenvalue weighted by Gasteiger charge is 2.29. The molecule has 0 saturated carbocycles. The third-order valence-corrected chi connectivity index (χ3v) is 5.22. The Balaban J connectivity index is 1.88. The summed E-state index contributed by atoms with van der Waals surface area (Å²) in [6.45, 7) is 11.2. The SMILES string of the molecule is CC(=O)N1CC[C@H](N[C@H](C)C(=O)N[C@H](C)c2ccccc2C)[C@@H](C)C1. The zero-order valence-corrected chi connectivity index (χ0v) is 16.0. The molecule has 0 aromatic heterocycles. The first-order valence-electron chi connectivity index (χ1n) is 9.17. The fraction of sp³-hybridized carbons (Fsp3) is 0.600. The highest BCUT2D eigenvalue weighted by molar-refractivity contribution is 5.81. The standard InChI is InChI=1S/C20H31N3O2/c1-13-8-6-7-9-18(13)15(3)22-20(25)16(4)21-19-10-11-23(17(5)24)12-14(19)2/h6-9,14-16,19,21H,10-12H2,1-5H3,(H,22,25)/t14-,15+,16+,19-/m0/s1. The van der Waals surface area contributed by atoms with Crippen molar-refractivity contribution in [2.24, 2.45) is 5.92 Å². The van der Waals surface area contributed by atoms with E-state index in [9.17, 15) is 9.59 Å². The molecule has 4 atom stereocenters. The molecule has 5 nitrogen and oxygen atoms in total. The van der Waals surface area contributed by atoms with Crippen LogP contribution in [0.2, 0.25) is 0 Å². The van der Waals surface area contributed by atoms with Gasteiger partial charge in [-0.3, -0.25) is 9.59 Å². The first-order valence-corrected chi connectivity index (χ1v) is 9.17. The molecular weight excluding hydrogens is 314 g/mol. The van der Waals surface area contributed by atoms with Crippen molar-refractivity contribution in [1.29, 1.82) is 0 Å². The number of aryl methyl sites for hydroxylation is 1. The van der Waals surface area contributed by atoms with Crippen molar-refractivity contribution in [2.75, 3.05) is 13.1 Å². The van der Waals surface area contributed by atoms with Gasteiger partial charge in [0, 0.05) is 26.1 Å². The van der Waals surface area contributed by atoms with Crippen molar-refractivity contribution >= 4 is 11.8 Å². The van der Waals surface area contributed by atoms with Crippen LogP contribution in [0.5, 0.6) is 0 Å². The van der Waals surface area contributed by atoms with Gasteiger partial charge in [-0.2, -0.15) is 0 Å². The van der Waals surface area contributed by atoms with Crippen molar-refractivity contribution in [3.05, 3.63) is 35.4 Å². The van der Waals surface area contributed by atoms with Crippen LogP contribution < -0.4 is 10.6 Å². The van der Waals surface area contributed by atoms with Crippen molar-refractivity contribution in [2.45, 2.75) is 59.2 Å². The van der Waals surface area contributed by atoms with E-state index < -0.39 is 0 Å². The van der Waals surface area contributed by atoms with Gasteiger partial charge in [0.1, 0.15) is 0 Å². The van der Waals surface area contributed by atoms with Crippen molar-refractivity contribution in [3.8, 4) is 0 Å². The van der Waals surface area contributed by atoms with Gasteiger partial charge in [-0.05, 0) is 44.2 Å². The maximum Gasteiger partial charge on any atom is 0.237 e. The Labute approximate surface area is 151 Å². The molecule has 1 saturated heterocycles. The number of nitrogens with one attached hydrogen (secondary N) is 2. The molecule has 138 valence electrons. The van der Waals surface area contributed by atoms with Crippen LogP contribution >= 0.6 is 0 Å². The summed E-state index contributed by atoms with van der Waals surface area (Å²) < 4.78 is 0. The van der Waals surface area contributed by atoms with Crippen LogP contribution in [-0.2, 0) is 9.59 Å². The maximum atomic E-state index is 12.6. The Kier molecular flexibility index (Phi) is 6.59. The van der Waals surface area contributed by atoms with E-state index in [0.29, 0.717) is 5.92 Å².